The van der Waals surface area contributed by atoms with Crippen LogP contribution in [0.3, 0.4) is 0 Å². The molecule has 0 saturated heterocycles. The van der Waals surface area contributed by atoms with Crippen molar-refractivity contribution >= 4 is 71.2 Å². The summed E-state index contributed by atoms with van der Waals surface area (Å²) < 4.78 is 0. The third-order valence-corrected chi connectivity index (χ3v) is 16.7. The first-order chi connectivity index (χ1) is 38.3. The Morgan fingerprint density at radius 1 is 0.362 bits per heavy atom. The molecular formula is C62H88N6O12. The van der Waals surface area contributed by atoms with Crippen LogP contribution < -0.4 is 0 Å². The average Bonchev–Trinajstić information content (AvgIpc) is 4.24. The lowest BCUT2D eigenvalue weighted by atomic mass is 9.78. The maximum atomic E-state index is 11.9. The molecule has 80 heavy (non-hydrogen) atoms. The number of Topliss-reactive ketones (excluding diaryl/α,β-unsaturated/α-hetero) is 6. The molecule has 0 unspecified atom stereocenters. The molecule has 0 aromatic carbocycles. The lowest BCUT2D eigenvalue weighted by Gasteiger charge is -2.29. The maximum absolute atomic E-state index is 11.9. The van der Waals surface area contributed by atoms with Crippen LogP contribution in [0.25, 0.3) is 0 Å². The smallest absolute Gasteiger partial charge is 0.235 e. The van der Waals surface area contributed by atoms with Crippen LogP contribution >= 0.6 is 0 Å². The van der Waals surface area contributed by atoms with E-state index >= 15 is 0 Å². The fourth-order valence-electron chi connectivity index (χ4n) is 10.5. The molecule has 18 nitrogen and oxygen atoms in total. The lowest BCUT2D eigenvalue weighted by molar-refractivity contribution is -0.124. The van der Waals surface area contributed by atoms with Crippen LogP contribution in [0, 0.1) is 70.5 Å². The van der Waals surface area contributed by atoms with Gasteiger partial charge in [-0.25, -0.2) is 33.8 Å². The average molecular weight is 1110 g/mol. The van der Waals surface area contributed by atoms with Crippen molar-refractivity contribution in [2.24, 2.45) is 100 Å². The number of isocyanates is 6. The van der Waals surface area contributed by atoms with Crippen molar-refractivity contribution in [3.63, 3.8) is 0 Å². The summed E-state index contributed by atoms with van der Waals surface area (Å²) in [7, 11) is 0. The number of carbonyl (C=O) groups excluding carboxylic acids is 12. The largest absolute Gasteiger partial charge is 0.299 e. The normalized spacial score (nSPS) is 21.6. The van der Waals surface area contributed by atoms with Crippen molar-refractivity contribution in [3.05, 3.63) is 0 Å². The Labute approximate surface area is 472 Å². The fraction of sp³-hybridized carbons (Fsp3) is 0.806. The predicted octanol–water partition coefficient (Wildman–Crippen LogP) is 10.3. The van der Waals surface area contributed by atoms with E-state index in [0.717, 1.165) is 116 Å². The number of ketones is 6. The molecule has 0 N–H and O–H groups in total. The second kappa shape index (κ2) is 33.9. The van der Waals surface area contributed by atoms with Gasteiger partial charge in [0.1, 0.15) is 36.0 Å². The van der Waals surface area contributed by atoms with E-state index in [1.165, 1.54) is 62.8 Å². The molecule has 438 valence electrons. The van der Waals surface area contributed by atoms with Gasteiger partial charge in [0.2, 0.25) is 36.5 Å². The molecule has 9 rings (SSSR count). The van der Waals surface area contributed by atoms with Crippen LogP contribution in [-0.2, 0) is 57.5 Å². The van der Waals surface area contributed by atoms with Crippen LogP contribution in [0.15, 0.2) is 30.0 Å². The minimum Gasteiger partial charge on any atom is -0.299 e. The third-order valence-electron chi connectivity index (χ3n) is 16.7. The molecule has 9 saturated carbocycles. The summed E-state index contributed by atoms with van der Waals surface area (Å²) in [6.45, 7) is 13.5. The first-order valence-electron chi connectivity index (χ1n) is 29.9. The molecule has 9 aliphatic carbocycles. The SMILES string of the molecule is CC(C)(C)[C@H](N=C=O)C(=O)C1CC1.CC(C)[C@@H](CC(=O)C1CC1)N=C=O.CC(C)[C@H](N=C=O)C(=O)C1CC1.O=C=N[C@H](C(=O)C1CC1)C1CCC1.O=C=N[C@H](C(=O)C1CC1)C1CCCC1.O=C=N[C@H](C(=O)C1CC1)C1CCCCC1. The minimum atomic E-state index is -0.502. The number of aliphatic imine (C=N–C) groups is 6. The maximum Gasteiger partial charge on any atom is 0.235 e. The van der Waals surface area contributed by atoms with Gasteiger partial charge >= 0.3 is 0 Å². The predicted molar refractivity (Wildman–Crippen MR) is 297 cm³/mol. The van der Waals surface area contributed by atoms with Crippen molar-refractivity contribution in [1.29, 1.82) is 0 Å². The summed E-state index contributed by atoms with van der Waals surface area (Å²) in [5.41, 5.74) is -0.267. The summed E-state index contributed by atoms with van der Waals surface area (Å²) in [4.78, 5) is 153. The van der Waals surface area contributed by atoms with Crippen molar-refractivity contribution in [1.82, 2.24) is 0 Å². The molecule has 0 amide bonds. The van der Waals surface area contributed by atoms with Crippen molar-refractivity contribution in [2.75, 3.05) is 0 Å². The summed E-state index contributed by atoms with van der Waals surface area (Å²) >= 11 is 0. The molecule has 0 aromatic heterocycles. The van der Waals surface area contributed by atoms with Gasteiger partial charge in [0.15, 0.2) is 28.9 Å². The Morgan fingerprint density at radius 2 is 0.675 bits per heavy atom. The van der Waals surface area contributed by atoms with Crippen LogP contribution in [0.1, 0.15) is 209 Å². The van der Waals surface area contributed by atoms with Gasteiger partial charge in [0, 0.05) is 41.9 Å². The van der Waals surface area contributed by atoms with Gasteiger partial charge < -0.3 is 0 Å². The van der Waals surface area contributed by atoms with Crippen molar-refractivity contribution in [3.8, 4) is 0 Å². The number of rotatable bonds is 24. The van der Waals surface area contributed by atoms with E-state index in [9.17, 15) is 57.5 Å². The Balaban J connectivity index is 0.000000207. The quantitative estimate of drug-likeness (QED) is 0.0644. The van der Waals surface area contributed by atoms with Crippen molar-refractivity contribution < 1.29 is 57.5 Å². The Morgan fingerprint density at radius 3 is 0.950 bits per heavy atom. The zero-order valence-electron chi connectivity index (χ0n) is 48.6. The second-order valence-electron chi connectivity index (χ2n) is 25.4. The number of hydrogen-bond donors (Lipinski definition) is 0. The van der Waals surface area contributed by atoms with Gasteiger partial charge in [-0.3, -0.25) is 28.8 Å². The summed E-state index contributed by atoms with van der Waals surface area (Å²) in [6.07, 6.45) is 34.9. The van der Waals surface area contributed by atoms with Gasteiger partial charge in [0.05, 0.1) is 6.04 Å². The molecule has 18 heteroatoms. The lowest BCUT2D eigenvalue weighted by Crippen LogP contribution is -2.33. The van der Waals surface area contributed by atoms with Crippen LogP contribution in [0.5, 0.6) is 0 Å². The molecule has 0 aliphatic heterocycles. The minimum absolute atomic E-state index is 0.107. The van der Waals surface area contributed by atoms with Gasteiger partial charge in [-0.2, -0.15) is 25.0 Å². The molecule has 9 aliphatic rings. The Kier molecular flexibility index (Phi) is 28.3. The molecule has 0 spiro atoms. The van der Waals surface area contributed by atoms with E-state index < -0.39 is 12.1 Å². The third kappa shape index (κ3) is 23.4. The fourth-order valence-corrected chi connectivity index (χ4v) is 10.5. The van der Waals surface area contributed by atoms with E-state index in [1.54, 1.807) is 12.2 Å². The summed E-state index contributed by atoms with van der Waals surface area (Å²) in [5, 5.41) is 0. The monoisotopic (exact) mass is 1110 g/mol. The Hall–Kier alpha value is -5.70. The van der Waals surface area contributed by atoms with E-state index in [2.05, 4.69) is 30.0 Å². The molecule has 0 heterocycles. The highest BCUT2D eigenvalue weighted by Crippen LogP contribution is 2.41. The first-order valence-corrected chi connectivity index (χ1v) is 29.9. The van der Waals surface area contributed by atoms with Gasteiger partial charge in [-0.15, -0.1) is 0 Å². The second-order valence-corrected chi connectivity index (χ2v) is 25.4. The molecular weight excluding hydrogens is 1020 g/mol. The number of carbonyl (C=O) groups is 6. The Bertz CT molecular complexity index is 2390. The van der Waals surface area contributed by atoms with Gasteiger partial charge in [0.25, 0.3) is 0 Å². The molecule has 0 bridgehead atoms. The van der Waals surface area contributed by atoms with E-state index in [0.29, 0.717) is 24.2 Å². The summed E-state index contributed by atoms with van der Waals surface area (Å²) in [6, 6.07) is -2.19. The molecule has 6 atom stereocenters. The van der Waals surface area contributed by atoms with Crippen LogP contribution in [-0.4, -0.2) is 107 Å². The highest BCUT2D eigenvalue weighted by atomic mass is 16.2. The van der Waals surface area contributed by atoms with Crippen LogP contribution in [0.2, 0.25) is 0 Å². The summed E-state index contributed by atoms with van der Waals surface area (Å²) in [5.74, 6) is 3.62. The number of nitrogens with zero attached hydrogens (tertiary/aromatic N) is 6. The zero-order valence-corrected chi connectivity index (χ0v) is 48.6. The van der Waals surface area contributed by atoms with E-state index in [4.69, 9.17) is 0 Å². The molecule has 0 aromatic rings. The highest BCUT2D eigenvalue weighted by molar-refractivity contribution is 5.91. The first kappa shape index (κ1) is 66.8. The highest BCUT2D eigenvalue weighted by Gasteiger charge is 2.43. The van der Waals surface area contributed by atoms with Crippen molar-refractivity contribution in [2.45, 2.75) is 245 Å². The zero-order chi connectivity index (χ0) is 58.9. The van der Waals surface area contributed by atoms with E-state index in [1.807, 2.05) is 48.5 Å². The van der Waals surface area contributed by atoms with Gasteiger partial charge in [-0.1, -0.05) is 87.0 Å². The van der Waals surface area contributed by atoms with E-state index in [-0.39, 0.29) is 112 Å². The topological polar surface area (TPSA) is 279 Å². The van der Waals surface area contributed by atoms with Crippen LogP contribution in [0.4, 0.5) is 0 Å². The molecule has 9 fully saturated rings. The van der Waals surface area contributed by atoms with Gasteiger partial charge in [-0.05, 0) is 151 Å². The standard InChI is InChI=1S/C12H17NO2.C11H15NO2.C10H13NO2.2C10H15NO2.C9H13NO2/c14-8-13-11(12(15)10-6-7-10)9-4-2-1-3-5-9;13-7-12-10(8-3-1-2-4-8)11(14)9-5-6-9;12-6-11-9(7-2-1-3-7)10(13)8-4-5-8;1-10(2,3)9(11-6-12)8(13)7-4-5-7;1-7(2)9(11-6-12)5-10(13)8-3-4-8;1-6(2)8(10-5-11)9(12)7-3-4-7/h9-11H,1-7H2;8-10H,1-6H2;7-9H,1-5H2;7,9H,4-5H2,1-3H3;7-9H,3-5H2,1-2H3;6-8H,3-4H2,1-2H3/t11-;10-;3*9-;8-/m000110/s1. The molecule has 0 radical (unpaired) electrons. The number of hydrogen-bond acceptors (Lipinski definition) is 18.